The van der Waals surface area contributed by atoms with Crippen molar-refractivity contribution in [3.63, 3.8) is 0 Å². The van der Waals surface area contributed by atoms with Crippen LogP contribution in [0.15, 0.2) is 41.7 Å². The Hall–Kier alpha value is -1.61. The summed E-state index contributed by atoms with van der Waals surface area (Å²) in [5.41, 5.74) is 0.983. The van der Waals surface area contributed by atoms with Crippen molar-refractivity contribution < 1.29 is 9.47 Å². The summed E-state index contributed by atoms with van der Waals surface area (Å²) in [6.45, 7) is 6.10. The van der Waals surface area contributed by atoms with Gasteiger partial charge < -0.3 is 24.7 Å². The van der Waals surface area contributed by atoms with Gasteiger partial charge in [0.2, 0.25) is 0 Å². The lowest BCUT2D eigenvalue weighted by Crippen LogP contribution is -2.38. The van der Waals surface area contributed by atoms with Crippen LogP contribution in [0.4, 0.5) is 0 Å². The summed E-state index contributed by atoms with van der Waals surface area (Å²) in [7, 11) is 0. The van der Waals surface area contributed by atoms with E-state index in [1.807, 2.05) is 43.6 Å². The van der Waals surface area contributed by atoms with Crippen molar-refractivity contribution in [3.8, 4) is 11.5 Å². The van der Waals surface area contributed by atoms with Gasteiger partial charge in [-0.05, 0) is 36.8 Å². The van der Waals surface area contributed by atoms with Crippen LogP contribution in [-0.4, -0.2) is 36.8 Å². The second-order valence-electron chi connectivity index (χ2n) is 5.64. The molecule has 142 valence electrons. The Labute approximate surface area is 175 Å². The zero-order valence-electron chi connectivity index (χ0n) is 14.7. The van der Waals surface area contributed by atoms with E-state index in [1.54, 1.807) is 0 Å². The fraction of sp³-hybridized carbons (Fsp3) is 0.389. The van der Waals surface area contributed by atoms with Crippen LogP contribution in [0.5, 0.6) is 11.5 Å². The topological polar surface area (TPSA) is 59.8 Å². The first-order valence-electron chi connectivity index (χ1n) is 8.47. The predicted octanol–water partition coefficient (Wildman–Crippen LogP) is 3.29. The van der Waals surface area contributed by atoms with Crippen molar-refractivity contribution in [2.24, 2.45) is 4.99 Å². The van der Waals surface area contributed by atoms with Gasteiger partial charge in [-0.2, -0.15) is 0 Å². The second kappa shape index (κ2) is 10.5. The van der Waals surface area contributed by atoms with Gasteiger partial charge in [-0.15, -0.1) is 24.0 Å². The molecule has 2 heterocycles. The highest BCUT2D eigenvalue weighted by Gasteiger charge is 2.16. The number of rotatable bonds is 6. The number of ether oxygens (including phenoxy) is 2. The number of fused-ring (bicyclic) bond motifs is 1. The van der Waals surface area contributed by atoms with Crippen LogP contribution in [-0.2, 0) is 13.1 Å². The standard InChI is InChI=1S/C18H23ClN4O2.HI/c1-2-20-18(21-5-8-23-6-3-4-7-23)22-13-14-11-15(19)17-16(12-14)24-9-10-25-17;/h3-4,6-7,11-12H,2,5,8-10,13H2,1H3,(H2,20,21,22);1H. The first kappa shape index (κ1) is 20.7. The molecule has 0 fully saturated rings. The maximum absolute atomic E-state index is 6.28. The van der Waals surface area contributed by atoms with Crippen LogP contribution in [0, 0.1) is 0 Å². The summed E-state index contributed by atoms with van der Waals surface area (Å²) in [5, 5.41) is 7.15. The molecule has 0 saturated carbocycles. The number of nitrogens with zero attached hydrogens (tertiary/aromatic N) is 2. The number of aromatic nitrogens is 1. The molecule has 1 aromatic heterocycles. The van der Waals surface area contributed by atoms with Crippen LogP contribution in [0.25, 0.3) is 0 Å². The van der Waals surface area contributed by atoms with Gasteiger partial charge in [-0.1, -0.05) is 11.6 Å². The number of benzene rings is 1. The normalized spacial score (nSPS) is 13.1. The molecule has 2 N–H and O–H groups in total. The van der Waals surface area contributed by atoms with Crippen LogP contribution >= 0.6 is 35.6 Å². The first-order chi connectivity index (χ1) is 12.3. The zero-order valence-corrected chi connectivity index (χ0v) is 17.8. The Morgan fingerprint density at radius 1 is 1.19 bits per heavy atom. The maximum atomic E-state index is 6.28. The van der Waals surface area contributed by atoms with Crippen LogP contribution in [0.2, 0.25) is 5.02 Å². The summed E-state index contributed by atoms with van der Waals surface area (Å²) in [4.78, 5) is 4.62. The maximum Gasteiger partial charge on any atom is 0.191 e. The van der Waals surface area contributed by atoms with Crippen LogP contribution < -0.4 is 20.1 Å². The second-order valence-corrected chi connectivity index (χ2v) is 6.05. The van der Waals surface area contributed by atoms with E-state index in [1.165, 1.54) is 0 Å². The average molecular weight is 491 g/mol. The molecule has 0 spiro atoms. The number of guanidine groups is 1. The molecule has 0 aliphatic carbocycles. The van der Waals surface area contributed by atoms with E-state index in [0.29, 0.717) is 36.3 Å². The molecule has 1 aromatic carbocycles. The van der Waals surface area contributed by atoms with Gasteiger partial charge >= 0.3 is 0 Å². The summed E-state index contributed by atoms with van der Waals surface area (Å²) in [6, 6.07) is 7.85. The number of nitrogens with one attached hydrogen (secondary N) is 2. The van der Waals surface area contributed by atoms with Gasteiger partial charge in [-0.3, -0.25) is 0 Å². The minimum absolute atomic E-state index is 0. The molecule has 0 atom stereocenters. The SMILES string of the molecule is CCNC(=NCc1cc(Cl)c2c(c1)OCCO2)NCCn1cccc1.I. The number of halogens is 2. The van der Waals surface area contributed by atoms with Crippen molar-refractivity contribution in [1.29, 1.82) is 0 Å². The van der Waals surface area contributed by atoms with Gasteiger partial charge in [0, 0.05) is 32.0 Å². The van der Waals surface area contributed by atoms with E-state index in [2.05, 4.69) is 20.2 Å². The zero-order chi connectivity index (χ0) is 17.5. The van der Waals surface area contributed by atoms with E-state index in [4.69, 9.17) is 21.1 Å². The number of aliphatic imine (C=N–C) groups is 1. The third-order valence-electron chi connectivity index (χ3n) is 3.75. The Kier molecular flexibility index (Phi) is 8.37. The van der Waals surface area contributed by atoms with Gasteiger partial charge in [0.05, 0.1) is 11.6 Å². The lowest BCUT2D eigenvalue weighted by Gasteiger charge is -2.20. The molecule has 0 amide bonds. The number of hydrogen-bond acceptors (Lipinski definition) is 3. The van der Waals surface area contributed by atoms with Crippen molar-refractivity contribution in [1.82, 2.24) is 15.2 Å². The summed E-state index contributed by atoms with van der Waals surface area (Å²) >= 11 is 6.28. The van der Waals surface area contributed by atoms with Crippen molar-refractivity contribution in [2.75, 3.05) is 26.3 Å². The quantitative estimate of drug-likeness (QED) is 0.371. The monoisotopic (exact) mass is 490 g/mol. The highest BCUT2D eigenvalue weighted by Crippen LogP contribution is 2.38. The van der Waals surface area contributed by atoms with E-state index in [-0.39, 0.29) is 24.0 Å². The Bertz CT molecular complexity index is 722. The molecule has 1 aliphatic rings. The average Bonchev–Trinajstić information content (AvgIpc) is 3.13. The molecule has 0 unspecified atom stereocenters. The van der Waals surface area contributed by atoms with Gasteiger partial charge in [-0.25, -0.2) is 4.99 Å². The summed E-state index contributed by atoms with van der Waals surface area (Å²) in [6.07, 6.45) is 4.09. The van der Waals surface area contributed by atoms with E-state index in [0.717, 1.165) is 31.2 Å². The molecule has 2 aromatic rings. The Morgan fingerprint density at radius 3 is 2.73 bits per heavy atom. The molecule has 1 aliphatic heterocycles. The van der Waals surface area contributed by atoms with Gasteiger partial charge in [0.25, 0.3) is 0 Å². The van der Waals surface area contributed by atoms with E-state index in [9.17, 15) is 0 Å². The van der Waals surface area contributed by atoms with E-state index < -0.39 is 0 Å². The minimum Gasteiger partial charge on any atom is -0.486 e. The molecule has 0 saturated heterocycles. The lowest BCUT2D eigenvalue weighted by atomic mass is 10.2. The van der Waals surface area contributed by atoms with Crippen molar-refractivity contribution in [3.05, 3.63) is 47.2 Å². The molecular weight excluding hydrogens is 467 g/mol. The van der Waals surface area contributed by atoms with Crippen LogP contribution in [0.3, 0.4) is 0 Å². The fourth-order valence-electron chi connectivity index (χ4n) is 2.59. The van der Waals surface area contributed by atoms with Gasteiger partial charge in [0.1, 0.15) is 13.2 Å². The smallest absolute Gasteiger partial charge is 0.191 e. The first-order valence-corrected chi connectivity index (χ1v) is 8.85. The number of hydrogen-bond donors (Lipinski definition) is 2. The Balaban J connectivity index is 0.00000243. The highest BCUT2D eigenvalue weighted by molar-refractivity contribution is 14.0. The van der Waals surface area contributed by atoms with Crippen LogP contribution in [0.1, 0.15) is 12.5 Å². The molecule has 0 bridgehead atoms. The van der Waals surface area contributed by atoms with Crippen molar-refractivity contribution in [2.45, 2.75) is 20.0 Å². The highest BCUT2D eigenvalue weighted by atomic mass is 127. The predicted molar refractivity (Wildman–Crippen MR) is 115 cm³/mol. The largest absolute Gasteiger partial charge is 0.486 e. The minimum atomic E-state index is 0. The summed E-state index contributed by atoms with van der Waals surface area (Å²) in [5.74, 6) is 2.09. The third-order valence-corrected chi connectivity index (χ3v) is 4.03. The fourth-order valence-corrected chi connectivity index (χ4v) is 2.88. The molecule has 8 heteroatoms. The molecular formula is C18H24ClIN4O2. The molecule has 0 radical (unpaired) electrons. The Morgan fingerprint density at radius 2 is 1.96 bits per heavy atom. The molecule has 26 heavy (non-hydrogen) atoms. The lowest BCUT2D eigenvalue weighted by molar-refractivity contribution is 0.171. The molecule has 6 nitrogen and oxygen atoms in total. The van der Waals surface area contributed by atoms with Gasteiger partial charge in [0.15, 0.2) is 17.5 Å². The van der Waals surface area contributed by atoms with E-state index >= 15 is 0 Å². The summed E-state index contributed by atoms with van der Waals surface area (Å²) < 4.78 is 13.3. The van der Waals surface area contributed by atoms with Crippen molar-refractivity contribution >= 4 is 41.5 Å². The molecule has 3 rings (SSSR count). The third kappa shape index (κ3) is 5.70.